The van der Waals surface area contributed by atoms with Crippen molar-refractivity contribution in [3.05, 3.63) is 28.2 Å². The van der Waals surface area contributed by atoms with Crippen molar-refractivity contribution < 1.29 is 9.53 Å². The maximum atomic E-state index is 12.1. The predicted octanol–water partition coefficient (Wildman–Crippen LogP) is 1.08. The number of ether oxygens (including phenoxy) is 1. The SMILES string of the molecule is O=C(Nc1nn[nH]n1)C1COc2ccc(Br)cc21. The van der Waals surface area contributed by atoms with Crippen LogP contribution < -0.4 is 10.1 Å². The van der Waals surface area contributed by atoms with Gasteiger partial charge in [0.05, 0.1) is 0 Å². The number of halogens is 1. The smallest absolute Gasteiger partial charge is 0.269 e. The summed E-state index contributed by atoms with van der Waals surface area (Å²) >= 11 is 3.38. The van der Waals surface area contributed by atoms with Gasteiger partial charge in [-0.1, -0.05) is 21.0 Å². The van der Waals surface area contributed by atoms with Crippen molar-refractivity contribution in [2.24, 2.45) is 0 Å². The van der Waals surface area contributed by atoms with Gasteiger partial charge in [-0.25, -0.2) is 0 Å². The van der Waals surface area contributed by atoms with E-state index in [0.29, 0.717) is 6.61 Å². The molecule has 1 aromatic heterocycles. The topological polar surface area (TPSA) is 92.8 Å². The van der Waals surface area contributed by atoms with E-state index in [1.54, 1.807) is 0 Å². The summed E-state index contributed by atoms with van der Waals surface area (Å²) in [5, 5.41) is 15.6. The number of nitrogens with one attached hydrogen (secondary N) is 2. The molecule has 7 nitrogen and oxygen atoms in total. The quantitative estimate of drug-likeness (QED) is 0.866. The van der Waals surface area contributed by atoms with Gasteiger partial charge in [0.15, 0.2) is 0 Å². The molecule has 3 rings (SSSR count). The van der Waals surface area contributed by atoms with E-state index in [9.17, 15) is 4.79 Å². The molecule has 2 heterocycles. The molecule has 1 unspecified atom stereocenters. The molecule has 1 aliphatic heterocycles. The summed E-state index contributed by atoms with van der Waals surface area (Å²) in [6, 6.07) is 5.59. The Bertz CT molecular complexity index is 586. The third-order valence-electron chi connectivity index (χ3n) is 2.65. The van der Waals surface area contributed by atoms with Gasteiger partial charge in [0.2, 0.25) is 5.91 Å². The average Bonchev–Trinajstić information content (AvgIpc) is 2.97. The molecule has 0 bridgehead atoms. The maximum Gasteiger partial charge on any atom is 0.269 e. The Morgan fingerprint density at radius 1 is 1.56 bits per heavy atom. The van der Waals surface area contributed by atoms with Crippen molar-refractivity contribution in [1.82, 2.24) is 20.6 Å². The lowest BCUT2D eigenvalue weighted by atomic mass is 10.0. The van der Waals surface area contributed by atoms with Crippen molar-refractivity contribution in [3.63, 3.8) is 0 Å². The van der Waals surface area contributed by atoms with E-state index in [1.807, 2.05) is 18.2 Å². The van der Waals surface area contributed by atoms with Crippen LogP contribution in [-0.2, 0) is 4.79 Å². The molecule has 2 N–H and O–H groups in total. The molecule has 0 saturated carbocycles. The predicted molar refractivity (Wildman–Crippen MR) is 65.2 cm³/mol. The van der Waals surface area contributed by atoms with Gasteiger partial charge in [-0.3, -0.25) is 10.1 Å². The van der Waals surface area contributed by atoms with Crippen LogP contribution in [0.3, 0.4) is 0 Å². The Balaban J connectivity index is 1.83. The highest BCUT2D eigenvalue weighted by atomic mass is 79.9. The van der Waals surface area contributed by atoms with E-state index in [4.69, 9.17) is 4.74 Å². The lowest BCUT2D eigenvalue weighted by Gasteiger charge is -2.07. The second-order valence-corrected chi connectivity index (χ2v) is 4.69. The number of tetrazole rings is 1. The van der Waals surface area contributed by atoms with E-state index < -0.39 is 0 Å². The third-order valence-corrected chi connectivity index (χ3v) is 3.14. The lowest BCUT2D eigenvalue weighted by molar-refractivity contribution is -0.117. The lowest BCUT2D eigenvalue weighted by Crippen LogP contribution is -2.22. The van der Waals surface area contributed by atoms with Crippen molar-refractivity contribution in [2.45, 2.75) is 5.92 Å². The Labute approximate surface area is 110 Å². The van der Waals surface area contributed by atoms with Gasteiger partial charge in [-0.05, 0) is 23.4 Å². The number of rotatable bonds is 2. The van der Waals surface area contributed by atoms with Crippen LogP contribution in [-0.4, -0.2) is 33.1 Å². The van der Waals surface area contributed by atoms with Crippen LogP contribution in [0.25, 0.3) is 0 Å². The van der Waals surface area contributed by atoms with Crippen LogP contribution >= 0.6 is 15.9 Å². The Morgan fingerprint density at radius 3 is 3.22 bits per heavy atom. The molecule has 1 aliphatic rings. The minimum absolute atomic E-state index is 0.156. The Hall–Kier alpha value is -1.96. The number of benzene rings is 1. The second-order valence-electron chi connectivity index (χ2n) is 3.77. The van der Waals surface area contributed by atoms with E-state index in [0.717, 1.165) is 15.8 Å². The number of hydrogen-bond donors (Lipinski definition) is 2. The minimum Gasteiger partial charge on any atom is -0.492 e. The summed E-state index contributed by atoms with van der Waals surface area (Å²) in [6.45, 7) is 0.315. The van der Waals surface area contributed by atoms with Crippen LogP contribution in [0, 0.1) is 0 Å². The van der Waals surface area contributed by atoms with Gasteiger partial charge >= 0.3 is 0 Å². The highest BCUT2D eigenvalue weighted by Gasteiger charge is 2.31. The summed E-state index contributed by atoms with van der Waals surface area (Å²) in [7, 11) is 0. The van der Waals surface area contributed by atoms with Crippen LogP contribution in [0.2, 0.25) is 0 Å². The molecule has 0 spiro atoms. The van der Waals surface area contributed by atoms with Crippen molar-refractivity contribution in [1.29, 1.82) is 0 Å². The number of hydrogen-bond acceptors (Lipinski definition) is 5. The van der Waals surface area contributed by atoms with E-state index in [-0.39, 0.29) is 17.8 Å². The fourth-order valence-electron chi connectivity index (χ4n) is 1.81. The average molecular weight is 310 g/mol. The van der Waals surface area contributed by atoms with E-state index >= 15 is 0 Å². The first-order valence-electron chi connectivity index (χ1n) is 5.20. The largest absolute Gasteiger partial charge is 0.492 e. The monoisotopic (exact) mass is 309 g/mol. The molecule has 1 atom stereocenters. The first-order chi connectivity index (χ1) is 8.74. The molecule has 0 aliphatic carbocycles. The van der Waals surface area contributed by atoms with Gasteiger partial charge in [-0.2, -0.15) is 5.21 Å². The fraction of sp³-hybridized carbons (Fsp3) is 0.200. The molecular weight excluding hydrogens is 302 g/mol. The summed E-state index contributed by atoms with van der Waals surface area (Å²) in [4.78, 5) is 12.1. The molecule has 18 heavy (non-hydrogen) atoms. The number of amides is 1. The number of H-pyrrole nitrogens is 1. The number of fused-ring (bicyclic) bond motifs is 1. The van der Waals surface area contributed by atoms with Crippen LogP contribution in [0.15, 0.2) is 22.7 Å². The standard InChI is InChI=1S/C10H8BrN5O2/c11-5-1-2-8-6(3-5)7(4-18-8)9(17)12-10-13-15-16-14-10/h1-3,7H,4H2,(H2,12,13,14,15,16,17). The molecule has 1 amide bonds. The number of aromatic nitrogens is 4. The molecule has 1 aromatic carbocycles. The Kier molecular flexibility index (Phi) is 2.71. The van der Waals surface area contributed by atoms with Crippen LogP contribution in [0.5, 0.6) is 5.75 Å². The van der Waals surface area contributed by atoms with Crippen molar-refractivity contribution in [3.8, 4) is 5.75 Å². The molecule has 0 saturated heterocycles. The third kappa shape index (κ3) is 1.94. The number of carbonyl (C=O) groups excluding carboxylic acids is 1. The van der Waals surface area contributed by atoms with Gasteiger partial charge in [0.25, 0.3) is 5.95 Å². The highest BCUT2D eigenvalue weighted by molar-refractivity contribution is 9.10. The van der Waals surface area contributed by atoms with Crippen molar-refractivity contribution >= 4 is 27.8 Å². The van der Waals surface area contributed by atoms with Gasteiger partial charge in [-0.15, -0.1) is 5.10 Å². The second kappa shape index (κ2) is 4.37. The number of aromatic amines is 1. The number of anilines is 1. The maximum absolute atomic E-state index is 12.1. The molecule has 0 fully saturated rings. The van der Waals surface area contributed by atoms with E-state index in [2.05, 4.69) is 41.9 Å². The first-order valence-corrected chi connectivity index (χ1v) is 6.00. The van der Waals surface area contributed by atoms with Gasteiger partial charge in [0, 0.05) is 10.0 Å². The summed E-state index contributed by atoms with van der Waals surface area (Å²) in [5.74, 6) is 0.305. The van der Waals surface area contributed by atoms with Gasteiger partial charge in [0.1, 0.15) is 18.3 Å². The molecular formula is C10H8BrN5O2. The number of nitrogens with zero attached hydrogens (tertiary/aromatic N) is 3. The number of carbonyl (C=O) groups is 1. The normalized spacial score (nSPS) is 17.1. The highest BCUT2D eigenvalue weighted by Crippen LogP contribution is 2.36. The van der Waals surface area contributed by atoms with Crippen LogP contribution in [0.1, 0.15) is 11.5 Å². The molecule has 8 heteroatoms. The summed E-state index contributed by atoms with van der Waals surface area (Å²) < 4.78 is 6.37. The summed E-state index contributed by atoms with van der Waals surface area (Å²) in [5.41, 5.74) is 0.852. The molecule has 0 radical (unpaired) electrons. The molecule has 2 aromatic rings. The van der Waals surface area contributed by atoms with Crippen LogP contribution in [0.4, 0.5) is 5.95 Å². The molecule has 92 valence electrons. The first kappa shape index (κ1) is 11.1. The minimum atomic E-state index is -0.365. The zero-order chi connectivity index (χ0) is 12.5. The zero-order valence-corrected chi connectivity index (χ0v) is 10.6. The summed E-state index contributed by atoms with van der Waals surface area (Å²) in [6.07, 6.45) is 0. The zero-order valence-electron chi connectivity index (χ0n) is 9.05. The van der Waals surface area contributed by atoms with Crippen molar-refractivity contribution in [2.75, 3.05) is 11.9 Å². The fourth-order valence-corrected chi connectivity index (χ4v) is 2.19. The van der Waals surface area contributed by atoms with Gasteiger partial charge < -0.3 is 4.74 Å². The Morgan fingerprint density at radius 2 is 2.44 bits per heavy atom. The van der Waals surface area contributed by atoms with E-state index in [1.165, 1.54) is 0 Å².